The monoisotopic (exact) mass is 343 g/mol. The molecule has 2 rings (SSSR count). The van der Waals surface area contributed by atoms with Crippen molar-refractivity contribution in [3.8, 4) is 5.75 Å². The van der Waals surface area contributed by atoms with Crippen LogP contribution in [0.4, 0.5) is 0 Å². The second-order valence-corrected chi connectivity index (χ2v) is 5.53. The van der Waals surface area contributed by atoms with Crippen LogP contribution in [0.2, 0.25) is 0 Å². The van der Waals surface area contributed by atoms with Crippen LogP contribution < -0.4 is 21.3 Å². The van der Waals surface area contributed by atoms with Gasteiger partial charge in [-0.05, 0) is 37.1 Å². The predicted molar refractivity (Wildman–Crippen MR) is 93.4 cm³/mol. The van der Waals surface area contributed by atoms with Crippen LogP contribution >= 0.6 is 0 Å². The fourth-order valence-electron chi connectivity index (χ4n) is 2.32. The minimum atomic E-state index is -0.537. The molecular weight excluding hydrogens is 322 g/mol. The topological polar surface area (TPSA) is 114 Å². The summed E-state index contributed by atoms with van der Waals surface area (Å²) in [5, 5.41) is 2.67. The molecule has 2 aromatic rings. The molecule has 2 amide bonds. The molecule has 7 heteroatoms. The van der Waals surface area contributed by atoms with Crippen LogP contribution in [0.5, 0.6) is 5.75 Å². The average Bonchev–Trinajstić information content (AvgIpc) is 2.60. The molecule has 0 spiro atoms. The van der Waals surface area contributed by atoms with Crippen LogP contribution in [-0.2, 0) is 11.2 Å². The number of hydrogen-bond donors (Lipinski definition) is 3. The van der Waals surface area contributed by atoms with Crippen molar-refractivity contribution in [2.24, 2.45) is 11.7 Å². The fraction of sp³-hybridized carbons (Fsp3) is 0.278. The van der Waals surface area contributed by atoms with Gasteiger partial charge in [-0.2, -0.15) is 0 Å². The summed E-state index contributed by atoms with van der Waals surface area (Å²) in [6, 6.07) is 10.1. The highest BCUT2D eigenvalue weighted by molar-refractivity contribution is 5.94. The van der Waals surface area contributed by atoms with Crippen molar-refractivity contribution in [2.45, 2.75) is 13.3 Å². The van der Waals surface area contributed by atoms with Gasteiger partial charge in [-0.15, -0.1) is 0 Å². The van der Waals surface area contributed by atoms with Crippen molar-refractivity contribution in [1.29, 1.82) is 0 Å². The Balaban J connectivity index is 1.96. The van der Waals surface area contributed by atoms with Gasteiger partial charge in [0.05, 0.1) is 18.1 Å². The number of aromatic nitrogens is 1. The van der Waals surface area contributed by atoms with E-state index in [1.165, 1.54) is 18.3 Å². The Morgan fingerprint density at radius 1 is 1.20 bits per heavy atom. The number of H-pyrrole nitrogens is 1. The van der Waals surface area contributed by atoms with Gasteiger partial charge in [0.1, 0.15) is 5.75 Å². The highest BCUT2D eigenvalue weighted by atomic mass is 16.5. The van der Waals surface area contributed by atoms with Gasteiger partial charge in [0.25, 0.3) is 5.91 Å². The molecular formula is C18H21N3O4. The standard InChI is InChI=1S/C18H21N3O4/c1-2-25-15-6-3-12(4-7-15)9-14(17(19)23)11-21-18(24)13-5-8-16(22)20-10-13/h3-8,10,14H,2,9,11H2,1H3,(H2,19,23)(H,20,22)(H,21,24). The number of nitrogens with one attached hydrogen (secondary N) is 2. The lowest BCUT2D eigenvalue weighted by molar-refractivity contribution is -0.121. The number of ether oxygens (including phenoxy) is 1. The third-order valence-corrected chi connectivity index (χ3v) is 3.67. The van der Waals surface area contributed by atoms with E-state index >= 15 is 0 Å². The second-order valence-electron chi connectivity index (χ2n) is 5.53. The zero-order valence-electron chi connectivity index (χ0n) is 14.0. The molecule has 132 valence electrons. The first-order chi connectivity index (χ1) is 12.0. The van der Waals surface area contributed by atoms with Crippen LogP contribution in [-0.4, -0.2) is 29.9 Å². The first-order valence-electron chi connectivity index (χ1n) is 7.97. The molecule has 0 aliphatic heterocycles. The Kier molecular flexibility index (Phi) is 6.33. The van der Waals surface area contributed by atoms with E-state index in [2.05, 4.69) is 10.3 Å². The summed E-state index contributed by atoms with van der Waals surface area (Å²) in [6.07, 6.45) is 1.73. The fourth-order valence-corrected chi connectivity index (χ4v) is 2.32. The van der Waals surface area contributed by atoms with Crippen LogP contribution in [0.25, 0.3) is 0 Å². The normalized spacial score (nSPS) is 11.6. The summed E-state index contributed by atoms with van der Waals surface area (Å²) in [4.78, 5) is 37.2. The number of carbonyl (C=O) groups is 2. The molecule has 1 aromatic carbocycles. The summed E-state index contributed by atoms with van der Waals surface area (Å²) in [6.45, 7) is 2.60. The quantitative estimate of drug-likeness (QED) is 0.659. The molecule has 1 heterocycles. The summed E-state index contributed by atoms with van der Waals surface area (Å²) in [5.41, 5.74) is 6.39. The van der Waals surface area contributed by atoms with Crippen molar-refractivity contribution < 1.29 is 14.3 Å². The van der Waals surface area contributed by atoms with Crippen molar-refractivity contribution in [1.82, 2.24) is 10.3 Å². The van der Waals surface area contributed by atoms with Crippen LogP contribution in [0, 0.1) is 5.92 Å². The third-order valence-electron chi connectivity index (χ3n) is 3.67. The molecule has 1 aromatic heterocycles. The smallest absolute Gasteiger partial charge is 0.252 e. The number of pyridine rings is 1. The number of hydrogen-bond acceptors (Lipinski definition) is 4. The minimum Gasteiger partial charge on any atom is -0.494 e. The van der Waals surface area contributed by atoms with Gasteiger partial charge in [-0.1, -0.05) is 12.1 Å². The van der Waals surface area contributed by atoms with E-state index < -0.39 is 11.8 Å². The number of aromatic amines is 1. The lowest BCUT2D eigenvalue weighted by Gasteiger charge is -2.15. The predicted octanol–water partition coefficient (Wildman–Crippen LogP) is 0.848. The first kappa shape index (κ1) is 18.3. The van der Waals surface area contributed by atoms with Crippen molar-refractivity contribution in [2.75, 3.05) is 13.2 Å². The second kappa shape index (κ2) is 8.68. The molecule has 0 radical (unpaired) electrons. The number of benzene rings is 1. The van der Waals surface area contributed by atoms with Gasteiger partial charge in [-0.3, -0.25) is 14.4 Å². The SMILES string of the molecule is CCOc1ccc(CC(CNC(=O)c2ccc(=O)[nH]c2)C(N)=O)cc1. The molecule has 25 heavy (non-hydrogen) atoms. The molecule has 1 unspecified atom stereocenters. The zero-order chi connectivity index (χ0) is 18.2. The van der Waals surface area contributed by atoms with E-state index in [0.29, 0.717) is 18.6 Å². The van der Waals surface area contributed by atoms with Crippen molar-refractivity contribution >= 4 is 11.8 Å². The summed E-state index contributed by atoms with van der Waals surface area (Å²) >= 11 is 0. The number of amides is 2. The Morgan fingerprint density at radius 2 is 1.92 bits per heavy atom. The Morgan fingerprint density at radius 3 is 2.48 bits per heavy atom. The molecule has 0 aliphatic carbocycles. The first-order valence-corrected chi connectivity index (χ1v) is 7.97. The van der Waals surface area contributed by atoms with Gasteiger partial charge >= 0.3 is 0 Å². The molecule has 0 saturated heterocycles. The number of carbonyl (C=O) groups excluding carboxylic acids is 2. The highest BCUT2D eigenvalue weighted by Crippen LogP contribution is 2.15. The van der Waals surface area contributed by atoms with Crippen LogP contribution in [0.15, 0.2) is 47.4 Å². The molecule has 0 fully saturated rings. The van der Waals surface area contributed by atoms with E-state index in [0.717, 1.165) is 11.3 Å². The van der Waals surface area contributed by atoms with Gasteiger partial charge in [-0.25, -0.2) is 0 Å². The average molecular weight is 343 g/mol. The van der Waals surface area contributed by atoms with Gasteiger partial charge < -0.3 is 20.8 Å². The maximum Gasteiger partial charge on any atom is 0.252 e. The third kappa shape index (κ3) is 5.49. The van der Waals surface area contributed by atoms with Gasteiger partial charge in [0.2, 0.25) is 11.5 Å². The largest absolute Gasteiger partial charge is 0.494 e. The lowest BCUT2D eigenvalue weighted by atomic mass is 9.98. The number of primary amides is 1. The van der Waals surface area contributed by atoms with E-state index in [1.807, 2.05) is 31.2 Å². The van der Waals surface area contributed by atoms with Gasteiger partial charge in [0, 0.05) is 18.8 Å². The van der Waals surface area contributed by atoms with E-state index in [9.17, 15) is 14.4 Å². The van der Waals surface area contributed by atoms with Crippen molar-refractivity contribution in [3.05, 3.63) is 64.1 Å². The van der Waals surface area contributed by atoms with Crippen LogP contribution in [0.1, 0.15) is 22.8 Å². The maximum atomic E-state index is 12.1. The minimum absolute atomic E-state index is 0.112. The maximum absolute atomic E-state index is 12.1. The van der Waals surface area contributed by atoms with Crippen LogP contribution in [0.3, 0.4) is 0 Å². The van der Waals surface area contributed by atoms with E-state index in [4.69, 9.17) is 10.5 Å². The molecule has 7 nitrogen and oxygen atoms in total. The van der Waals surface area contributed by atoms with E-state index in [-0.39, 0.29) is 18.0 Å². The summed E-state index contributed by atoms with van der Waals surface area (Å²) in [5.74, 6) is -0.650. The van der Waals surface area contributed by atoms with Crippen molar-refractivity contribution in [3.63, 3.8) is 0 Å². The Hall–Kier alpha value is -3.09. The Labute approximate surface area is 145 Å². The Bertz CT molecular complexity index is 763. The zero-order valence-corrected chi connectivity index (χ0v) is 14.0. The molecule has 0 aliphatic rings. The number of rotatable bonds is 8. The lowest BCUT2D eigenvalue weighted by Crippen LogP contribution is -2.37. The number of nitrogens with two attached hydrogens (primary N) is 1. The molecule has 4 N–H and O–H groups in total. The molecule has 0 saturated carbocycles. The highest BCUT2D eigenvalue weighted by Gasteiger charge is 2.18. The molecule has 0 bridgehead atoms. The summed E-state index contributed by atoms with van der Waals surface area (Å²) in [7, 11) is 0. The van der Waals surface area contributed by atoms with E-state index in [1.54, 1.807) is 0 Å². The van der Waals surface area contributed by atoms with Gasteiger partial charge in [0.15, 0.2) is 0 Å². The summed E-state index contributed by atoms with van der Waals surface area (Å²) < 4.78 is 5.38. The molecule has 1 atom stereocenters.